The summed E-state index contributed by atoms with van der Waals surface area (Å²) in [6.07, 6.45) is -0.510. The van der Waals surface area contributed by atoms with Gasteiger partial charge in [0.05, 0.1) is 5.56 Å². The van der Waals surface area contributed by atoms with Gasteiger partial charge in [-0.3, -0.25) is 9.59 Å². The third kappa shape index (κ3) is 3.13. The lowest BCUT2D eigenvalue weighted by Crippen LogP contribution is -2.37. The number of hydrogen-bond acceptors (Lipinski definition) is 4. The third-order valence-corrected chi connectivity index (χ3v) is 3.74. The first-order valence-corrected chi connectivity index (χ1v) is 7.25. The number of nitrogens with one attached hydrogen (secondary N) is 1. The number of carbonyl (C=O) groups excluding carboxylic acids is 3. The van der Waals surface area contributed by atoms with Gasteiger partial charge in [0.1, 0.15) is 0 Å². The Hall–Kier alpha value is -2.95. The second-order valence-electron chi connectivity index (χ2n) is 5.38. The molecule has 0 spiro atoms. The molecule has 3 rings (SSSR count). The lowest BCUT2D eigenvalue weighted by molar-refractivity contribution is -0.125. The molecule has 1 amide bonds. The summed E-state index contributed by atoms with van der Waals surface area (Å²) in [6.45, 7) is 1.48. The van der Waals surface area contributed by atoms with Gasteiger partial charge in [-0.2, -0.15) is 0 Å². The average Bonchev–Trinajstić information content (AvgIpc) is 2.55. The van der Waals surface area contributed by atoms with E-state index >= 15 is 0 Å². The number of ketones is 1. The summed E-state index contributed by atoms with van der Waals surface area (Å²) in [7, 11) is 0. The highest BCUT2D eigenvalue weighted by atomic mass is 16.5. The SMILES string of the molecule is CC(=O)c1ccc(NC(=O)C2Cc3ccccc3C(=O)O2)cc1. The summed E-state index contributed by atoms with van der Waals surface area (Å²) in [5, 5.41) is 2.70. The largest absolute Gasteiger partial charge is 0.448 e. The fraction of sp³-hybridized carbons (Fsp3) is 0.167. The van der Waals surface area contributed by atoms with E-state index in [2.05, 4.69) is 5.32 Å². The van der Waals surface area contributed by atoms with Gasteiger partial charge in [-0.05, 0) is 42.8 Å². The predicted octanol–water partition coefficient (Wildman–Crippen LogP) is 2.61. The highest BCUT2D eigenvalue weighted by Crippen LogP contribution is 2.21. The smallest absolute Gasteiger partial charge is 0.339 e. The van der Waals surface area contributed by atoms with Gasteiger partial charge in [0.2, 0.25) is 0 Å². The monoisotopic (exact) mass is 309 g/mol. The zero-order valence-corrected chi connectivity index (χ0v) is 12.5. The lowest BCUT2D eigenvalue weighted by atomic mass is 9.98. The van der Waals surface area contributed by atoms with Gasteiger partial charge in [-0.15, -0.1) is 0 Å². The minimum atomic E-state index is -0.857. The molecule has 0 aliphatic carbocycles. The number of benzene rings is 2. The minimum absolute atomic E-state index is 0.0410. The van der Waals surface area contributed by atoms with E-state index in [1.807, 2.05) is 12.1 Å². The number of hydrogen-bond donors (Lipinski definition) is 1. The Morgan fingerprint density at radius 3 is 2.48 bits per heavy atom. The van der Waals surface area contributed by atoms with E-state index in [1.54, 1.807) is 36.4 Å². The molecule has 1 unspecified atom stereocenters. The number of anilines is 1. The fourth-order valence-corrected chi connectivity index (χ4v) is 2.49. The van der Waals surface area contributed by atoms with Crippen molar-refractivity contribution in [3.63, 3.8) is 0 Å². The van der Waals surface area contributed by atoms with E-state index in [-0.39, 0.29) is 11.7 Å². The lowest BCUT2D eigenvalue weighted by Gasteiger charge is -2.23. The zero-order chi connectivity index (χ0) is 16.4. The van der Waals surface area contributed by atoms with Crippen LogP contribution in [-0.2, 0) is 16.0 Å². The van der Waals surface area contributed by atoms with Crippen molar-refractivity contribution in [3.8, 4) is 0 Å². The molecular formula is C18H15NO4. The van der Waals surface area contributed by atoms with Crippen LogP contribution in [0.2, 0.25) is 0 Å². The molecule has 1 heterocycles. The molecule has 0 saturated carbocycles. The highest BCUT2D eigenvalue weighted by molar-refractivity contribution is 6.00. The highest BCUT2D eigenvalue weighted by Gasteiger charge is 2.30. The van der Waals surface area contributed by atoms with Crippen LogP contribution in [0.5, 0.6) is 0 Å². The van der Waals surface area contributed by atoms with Crippen LogP contribution >= 0.6 is 0 Å². The number of Topliss-reactive ketones (excluding diaryl/α,β-unsaturated/α-hetero) is 1. The Morgan fingerprint density at radius 2 is 1.78 bits per heavy atom. The van der Waals surface area contributed by atoms with Gasteiger partial charge in [-0.1, -0.05) is 18.2 Å². The zero-order valence-electron chi connectivity index (χ0n) is 12.5. The molecule has 23 heavy (non-hydrogen) atoms. The number of carbonyl (C=O) groups is 3. The van der Waals surface area contributed by atoms with Crippen LogP contribution < -0.4 is 5.32 Å². The fourth-order valence-electron chi connectivity index (χ4n) is 2.49. The first-order chi connectivity index (χ1) is 11.0. The summed E-state index contributed by atoms with van der Waals surface area (Å²) in [5.74, 6) is -0.914. The topological polar surface area (TPSA) is 72.5 Å². The van der Waals surface area contributed by atoms with Gasteiger partial charge >= 0.3 is 5.97 Å². The molecule has 0 fully saturated rings. The van der Waals surface area contributed by atoms with Crippen LogP contribution in [0.3, 0.4) is 0 Å². The summed E-state index contributed by atoms with van der Waals surface area (Å²) in [4.78, 5) is 35.5. The molecule has 5 nitrogen and oxygen atoms in total. The summed E-state index contributed by atoms with van der Waals surface area (Å²) in [6, 6.07) is 13.7. The number of amides is 1. The van der Waals surface area contributed by atoms with Crippen LogP contribution in [0.25, 0.3) is 0 Å². The summed E-state index contributed by atoms with van der Waals surface area (Å²) < 4.78 is 5.20. The number of ether oxygens (including phenoxy) is 1. The quantitative estimate of drug-likeness (QED) is 0.699. The molecule has 0 radical (unpaired) electrons. The van der Waals surface area contributed by atoms with E-state index in [4.69, 9.17) is 4.74 Å². The second kappa shape index (κ2) is 6.04. The van der Waals surface area contributed by atoms with Gasteiger partial charge in [0, 0.05) is 17.7 Å². The van der Waals surface area contributed by atoms with Crippen LogP contribution in [0.15, 0.2) is 48.5 Å². The summed E-state index contributed by atoms with van der Waals surface area (Å²) >= 11 is 0. The number of cyclic esters (lactones) is 1. The van der Waals surface area contributed by atoms with Crippen LogP contribution in [0.1, 0.15) is 33.2 Å². The Bertz CT molecular complexity index is 780. The second-order valence-corrected chi connectivity index (χ2v) is 5.38. The molecule has 2 aromatic carbocycles. The Kier molecular flexibility index (Phi) is 3.93. The van der Waals surface area contributed by atoms with E-state index in [0.717, 1.165) is 5.56 Å². The van der Waals surface area contributed by atoms with Crippen molar-refractivity contribution < 1.29 is 19.1 Å². The number of fused-ring (bicyclic) bond motifs is 1. The number of esters is 1. The normalized spacial score (nSPS) is 16.2. The van der Waals surface area contributed by atoms with E-state index < -0.39 is 12.1 Å². The molecular weight excluding hydrogens is 294 g/mol. The first kappa shape index (κ1) is 15.0. The van der Waals surface area contributed by atoms with Gasteiger partial charge in [-0.25, -0.2) is 4.79 Å². The summed E-state index contributed by atoms with van der Waals surface area (Å²) in [5.41, 5.74) is 2.43. The van der Waals surface area contributed by atoms with Crippen LogP contribution in [0.4, 0.5) is 5.69 Å². The molecule has 0 aromatic heterocycles. The molecule has 1 atom stereocenters. The van der Waals surface area contributed by atoms with Crippen molar-refractivity contribution in [1.82, 2.24) is 0 Å². The standard InChI is InChI=1S/C18H15NO4/c1-11(20)12-6-8-14(9-7-12)19-17(21)16-10-13-4-2-3-5-15(13)18(22)23-16/h2-9,16H,10H2,1H3,(H,19,21). The van der Waals surface area contributed by atoms with Gasteiger partial charge < -0.3 is 10.1 Å². The Balaban J connectivity index is 1.72. The maximum absolute atomic E-state index is 12.3. The maximum Gasteiger partial charge on any atom is 0.339 e. The van der Waals surface area contributed by atoms with Crippen molar-refractivity contribution in [2.45, 2.75) is 19.4 Å². The molecule has 1 aliphatic rings. The van der Waals surface area contributed by atoms with E-state index in [0.29, 0.717) is 23.2 Å². The van der Waals surface area contributed by atoms with Crippen molar-refractivity contribution in [3.05, 3.63) is 65.2 Å². The van der Waals surface area contributed by atoms with Crippen molar-refractivity contribution in [2.75, 3.05) is 5.32 Å². The maximum atomic E-state index is 12.3. The van der Waals surface area contributed by atoms with E-state index in [1.165, 1.54) is 6.92 Å². The molecule has 0 saturated heterocycles. The molecule has 5 heteroatoms. The first-order valence-electron chi connectivity index (χ1n) is 7.25. The molecule has 2 aromatic rings. The molecule has 1 N–H and O–H groups in total. The molecule has 0 bridgehead atoms. The van der Waals surface area contributed by atoms with Crippen molar-refractivity contribution in [2.24, 2.45) is 0 Å². The average molecular weight is 309 g/mol. The Morgan fingerprint density at radius 1 is 1.09 bits per heavy atom. The predicted molar refractivity (Wildman–Crippen MR) is 84.4 cm³/mol. The van der Waals surface area contributed by atoms with Crippen LogP contribution in [0, 0.1) is 0 Å². The van der Waals surface area contributed by atoms with Crippen molar-refractivity contribution in [1.29, 1.82) is 0 Å². The third-order valence-electron chi connectivity index (χ3n) is 3.74. The van der Waals surface area contributed by atoms with Gasteiger partial charge in [0.25, 0.3) is 5.91 Å². The minimum Gasteiger partial charge on any atom is -0.448 e. The van der Waals surface area contributed by atoms with E-state index in [9.17, 15) is 14.4 Å². The number of rotatable bonds is 3. The molecule has 116 valence electrons. The van der Waals surface area contributed by atoms with Gasteiger partial charge in [0.15, 0.2) is 11.9 Å². The van der Waals surface area contributed by atoms with Crippen LogP contribution in [-0.4, -0.2) is 23.8 Å². The molecule has 1 aliphatic heterocycles. The Labute approximate surface area is 133 Å². The van der Waals surface area contributed by atoms with Crippen molar-refractivity contribution >= 4 is 23.3 Å².